The summed E-state index contributed by atoms with van der Waals surface area (Å²) in [5.41, 5.74) is 6.00. The molecule has 190 valence electrons. The van der Waals surface area contributed by atoms with Crippen LogP contribution in [0.1, 0.15) is 52.9 Å². The summed E-state index contributed by atoms with van der Waals surface area (Å²) < 4.78 is 6.34. The van der Waals surface area contributed by atoms with Gasteiger partial charge in [0.25, 0.3) is 0 Å². The van der Waals surface area contributed by atoms with Crippen molar-refractivity contribution in [1.29, 1.82) is 0 Å². The van der Waals surface area contributed by atoms with Crippen molar-refractivity contribution < 1.29 is 9.73 Å². The number of allylic oxidation sites excluding steroid dienone is 1. The predicted octanol–water partition coefficient (Wildman–Crippen LogP) is 6.85. The molecule has 2 unspecified atom stereocenters. The van der Waals surface area contributed by atoms with Gasteiger partial charge in [0.05, 0.1) is 6.17 Å². The molecule has 5 aromatic carbocycles. The van der Waals surface area contributed by atoms with Crippen molar-refractivity contribution >= 4 is 38.6 Å². The lowest BCUT2D eigenvalue weighted by Crippen LogP contribution is -2.94. The first-order valence-corrected chi connectivity index (χ1v) is 13.9. The van der Waals surface area contributed by atoms with Crippen LogP contribution >= 0.6 is 0 Å². The van der Waals surface area contributed by atoms with Gasteiger partial charge < -0.3 is 9.73 Å². The Labute approximate surface area is 227 Å². The van der Waals surface area contributed by atoms with Gasteiger partial charge in [0.1, 0.15) is 11.3 Å². The van der Waals surface area contributed by atoms with Crippen LogP contribution in [0.5, 0.6) is 0 Å². The van der Waals surface area contributed by atoms with E-state index in [0.717, 1.165) is 24.2 Å². The molecule has 0 radical (unpaired) electrons. The Hall–Kier alpha value is -4.22. The summed E-state index contributed by atoms with van der Waals surface area (Å²) in [5.74, 6) is 1.11. The molecule has 2 heterocycles. The Morgan fingerprint density at radius 1 is 0.667 bits per heavy atom. The Kier molecular flexibility index (Phi) is 5.37. The molecular formula is C35H30N3O+. The van der Waals surface area contributed by atoms with Gasteiger partial charge in [-0.25, -0.2) is 10.6 Å². The molecule has 2 aliphatic rings. The topological polar surface area (TPSA) is 53.8 Å². The molecule has 6 aromatic rings. The number of nitrogens with two attached hydrogens (primary N) is 1. The maximum Gasteiger partial charge on any atom is 0.169 e. The number of rotatable bonds is 3. The molecule has 4 nitrogen and oxygen atoms in total. The summed E-state index contributed by atoms with van der Waals surface area (Å²) in [6, 6.07) is 37.2. The molecule has 39 heavy (non-hydrogen) atoms. The number of hydrogen-bond donors (Lipinski definition) is 3. The second-order valence-electron chi connectivity index (χ2n) is 10.7. The van der Waals surface area contributed by atoms with Crippen molar-refractivity contribution in [3.05, 3.63) is 137 Å². The van der Waals surface area contributed by atoms with E-state index in [9.17, 15) is 0 Å². The van der Waals surface area contributed by atoms with Gasteiger partial charge >= 0.3 is 0 Å². The van der Waals surface area contributed by atoms with Crippen molar-refractivity contribution in [3.63, 3.8) is 0 Å². The van der Waals surface area contributed by atoms with E-state index in [0.29, 0.717) is 0 Å². The maximum atomic E-state index is 6.34. The highest BCUT2D eigenvalue weighted by molar-refractivity contribution is 6.21. The first-order valence-electron chi connectivity index (χ1n) is 13.9. The Morgan fingerprint density at radius 3 is 2.08 bits per heavy atom. The van der Waals surface area contributed by atoms with Crippen molar-refractivity contribution in [2.75, 3.05) is 0 Å². The predicted molar refractivity (Wildman–Crippen MR) is 158 cm³/mol. The molecule has 0 amide bonds. The van der Waals surface area contributed by atoms with Gasteiger partial charge in [-0.2, -0.15) is 0 Å². The van der Waals surface area contributed by atoms with Crippen LogP contribution < -0.4 is 16.0 Å². The second kappa shape index (κ2) is 9.21. The highest BCUT2D eigenvalue weighted by atomic mass is 16.3. The quantitative estimate of drug-likeness (QED) is 0.229. The molecule has 0 bridgehead atoms. The van der Waals surface area contributed by atoms with E-state index in [4.69, 9.17) is 4.42 Å². The van der Waals surface area contributed by atoms with Crippen LogP contribution in [0, 0.1) is 0 Å². The lowest BCUT2D eigenvalue weighted by atomic mass is 9.93. The van der Waals surface area contributed by atoms with E-state index >= 15 is 0 Å². The van der Waals surface area contributed by atoms with Gasteiger partial charge in [0.2, 0.25) is 0 Å². The normalized spacial score (nSPS) is 21.0. The summed E-state index contributed by atoms with van der Waals surface area (Å²) in [6.07, 6.45) is 6.77. The zero-order valence-corrected chi connectivity index (χ0v) is 21.6. The minimum atomic E-state index is -0.0116. The average molecular weight is 509 g/mol. The minimum Gasteiger partial charge on any atom is -0.460 e. The van der Waals surface area contributed by atoms with Crippen molar-refractivity contribution in [2.45, 2.75) is 31.3 Å². The van der Waals surface area contributed by atoms with Crippen LogP contribution in [0.3, 0.4) is 0 Å². The molecule has 8 rings (SSSR count). The zero-order valence-electron chi connectivity index (χ0n) is 21.6. The van der Waals surface area contributed by atoms with Crippen LogP contribution in [-0.2, 0) is 6.42 Å². The molecule has 4 N–H and O–H groups in total. The number of quaternary nitrogens is 1. The molecule has 4 heteroatoms. The molecule has 1 aliphatic carbocycles. The number of hydrogen-bond acceptors (Lipinski definition) is 3. The van der Waals surface area contributed by atoms with E-state index in [2.05, 4.69) is 131 Å². The fourth-order valence-electron chi connectivity index (χ4n) is 6.42. The van der Waals surface area contributed by atoms with Gasteiger partial charge in [-0.05, 0) is 40.3 Å². The first-order chi connectivity index (χ1) is 19.3. The first kappa shape index (κ1) is 22.7. The molecule has 0 saturated carbocycles. The van der Waals surface area contributed by atoms with Crippen molar-refractivity contribution in [3.8, 4) is 0 Å². The van der Waals surface area contributed by atoms with Gasteiger partial charge in [-0.1, -0.05) is 103 Å². The fourth-order valence-corrected chi connectivity index (χ4v) is 6.42. The Bertz CT molecular complexity index is 1810. The van der Waals surface area contributed by atoms with E-state index in [1.807, 2.05) is 0 Å². The number of nitrogens with one attached hydrogen (secondary N) is 2. The number of benzene rings is 5. The monoisotopic (exact) mass is 508 g/mol. The summed E-state index contributed by atoms with van der Waals surface area (Å²) in [4.78, 5) is 0. The molecular weight excluding hydrogens is 478 g/mol. The van der Waals surface area contributed by atoms with E-state index in [1.165, 1.54) is 49.2 Å². The highest BCUT2D eigenvalue weighted by Gasteiger charge is 2.33. The molecule has 1 aliphatic heterocycles. The third kappa shape index (κ3) is 3.88. The summed E-state index contributed by atoms with van der Waals surface area (Å²) in [7, 11) is 0. The Balaban J connectivity index is 1.29. The molecule has 1 aromatic heterocycles. The average Bonchev–Trinajstić information content (AvgIpc) is 3.40. The second-order valence-corrected chi connectivity index (χ2v) is 10.7. The van der Waals surface area contributed by atoms with Crippen molar-refractivity contribution in [2.24, 2.45) is 0 Å². The Morgan fingerprint density at radius 2 is 1.33 bits per heavy atom. The molecule has 1 fully saturated rings. The van der Waals surface area contributed by atoms with Gasteiger partial charge in [0.15, 0.2) is 12.3 Å². The van der Waals surface area contributed by atoms with Gasteiger partial charge in [-0.15, -0.1) is 0 Å². The van der Waals surface area contributed by atoms with Crippen LogP contribution in [0.15, 0.2) is 114 Å². The highest BCUT2D eigenvalue weighted by Crippen LogP contribution is 2.40. The zero-order chi connectivity index (χ0) is 25.8. The van der Waals surface area contributed by atoms with Crippen LogP contribution in [-0.4, -0.2) is 0 Å². The third-order valence-electron chi connectivity index (χ3n) is 8.34. The van der Waals surface area contributed by atoms with Gasteiger partial charge in [-0.3, -0.25) is 0 Å². The van der Waals surface area contributed by atoms with Crippen molar-refractivity contribution in [1.82, 2.24) is 10.6 Å². The number of fused-ring (bicyclic) bond motifs is 7. The smallest absolute Gasteiger partial charge is 0.169 e. The largest absolute Gasteiger partial charge is 0.460 e. The standard InChI is InChI=1S/C35H29N3O/c1-3-9-24(10-4-1)33-36-34(25-11-5-2-6-12-25)38-35(37-33)26-18-16-22-15-17-23-19-20-30-32(31(23)28(22)21-26)27-13-7-8-14-29(27)39-30/h1-7,9-13,15-21,33-38H,8,14H2/p+1. The lowest BCUT2D eigenvalue weighted by Gasteiger charge is -2.36. The molecule has 1 saturated heterocycles. The van der Waals surface area contributed by atoms with Crippen LogP contribution in [0.2, 0.25) is 0 Å². The third-order valence-corrected chi connectivity index (χ3v) is 8.34. The van der Waals surface area contributed by atoms with Gasteiger partial charge in [0, 0.05) is 33.9 Å². The number of aryl methyl sites for hydroxylation is 1. The van der Waals surface area contributed by atoms with Crippen LogP contribution in [0.25, 0.3) is 38.6 Å². The van der Waals surface area contributed by atoms with E-state index < -0.39 is 0 Å². The summed E-state index contributed by atoms with van der Waals surface area (Å²) >= 11 is 0. The minimum absolute atomic E-state index is 0.0116. The number of furan rings is 1. The maximum absolute atomic E-state index is 6.34. The summed E-state index contributed by atoms with van der Waals surface area (Å²) in [6.45, 7) is 0. The fraction of sp³-hybridized carbons (Fsp3) is 0.143. The SMILES string of the molecule is C1=Cc2c(oc3ccc4ccc5ccc(C6NC(c7ccccc7)[NH2+]C(c7ccccc7)N6)cc5c4c23)CC1. The van der Waals surface area contributed by atoms with E-state index in [-0.39, 0.29) is 18.5 Å². The van der Waals surface area contributed by atoms with Crippen LogP contribution in [0.4, 0.5) is 0 Å². The molecule has 0 spiro atoms. The molecule has 2 atom stereocenters. The lowest BCUT2D eigenvalue weighted by molar-refractivity contribution is -0.755. The summed E-state index contributed by atoms with van der Waals surface area (Å²) in [5, 5.41) is 16.4. The van der Waals surface area contributed by atoms with E-state index in [1.54, 1.807) is 0 Å².